The molecule has 3 heterocycles. The average Bonchev–Trinajstić information content (AvgIpc) is 3.27. The maximum Gasteiger partial charge on any atom is 0.258 e. The fraction of sp³-hybridized carbons (Fsp3) is 0.485. The van der Waals surface area contributed by atoms with E-state index in [1.807, 2.05) is 18.2 Å². The van der Waals surface area contributed by atoms with Gasteiger partial charge in [0.05, 0.1) is 5.56 Å². The standard InChI is InChI=1S/C33H38F2N4O3/c1-33(2)10-9-23(26(17-33)22-3-5-25(34)6-4-22)19-38-13-11-37(12-14-38)18-21-15-24-20-39(32(42)30(24)27(35)16-21)28-7-8-29(40)36-31(28)41/h3-6,15-16,28H,7-14,17-20H2,1-2H3,(H,36,40,41). The molecule has 0 radical (unpaired) electrons. The van der Waals surface area contributed by atoms with Gasteiger partial charge in [-0.25, -0.2) is 8.78 Å². The van der Waals surface area contributed by atoms with E-state index in [1.54, 1.807) is 12.1 Å². The van der Waals surface area contributed by atoms with Crippen LogP contribution in [-0.4, -0.2) is 71.2 Å². The number of carbonyl (C=O) groups is 3. The predicted molar refractivity (Wildman–Crippen MR) is 155 cm³/mol. The lowest BCUT2D eigenvalue weighted by atomic mass is 9.72. The highest BCUT2D eigenvalue weighted by molar-refractivity contribution is 6.05. The van der Waals surface area contributed by atoms with E-state index >= 15 is 4.39 Å². The molecule has 3 amide bonds. The van der Waals surface area contributed by atoms with Crippen LogP contribution in [0.2, 0.25) is 0 Å². The SMILES string of the molecule is CC1(C)CCC(CN2CCN(Cc3cc(F)c4c(c3)CN(C3CCC(=O)NC3=O)C4=O)CC2)=C(c2ccc(F)cc2)C1. The number of allylic oxidation sites excluding steroid dienone is 1. The van der Waals surface area contributed by atoms with Gasteiger partial charge < -0.3 is 4.90 Å². The topological polar surface area (TPSA) is 73.0 Å². The van der Waals surface area contributed by atoms with E-state index in [-0.39, 0.29) is 42.1 Å². The molecule has 0 saturated carbocycles. The number of hydrogen-bond acceptors (Lipinski definition) is 5. The number of rotatable bonds is 6. The highest BCUT2D eigenvalue weighted by atomic mass is 19.1. The van der Waals surface area contributed by atoms with E-state index in [4.69, 9.17) is 0 Å². The summed E-state index contributed by atoms with van der Waals surface area (Å²) in [5, 5.41) is 2.29. The maximum atomic E-state index is 15.2. The van der Waals surface area contributed by atoms with Crippen molar-refractivity contribution in [1.29, 1.82) is 0 Å². The minimum atomic E-state index is -0.757. The zero-order chi connectivity index (χ0) is 29.6. The van der Waals surface area contributed by atoms with Crippen molar-refractivity contribution in [1.82, 2.24) is 20.0 Å². The maximum absolute atomic E-state index is 15.2. The molecule has 3 aliphatic heterocycles. The van der Waals surface area contributed by atoms with Crippen LogP contribution in [0.3, 0.4) is 0 Å². The Hall–Kier alpha value is -3.43. The number of piperidine rings is 1. The zero-order valence-electron chi connectivity index (χ0n) is 24.3. The third-order valence-electron chi connectivity index (χ3n) is 9.30. The van der Waals surface area contributed by atoms with Crippen LogP contribution in [0.15, 0.2) is 42.0 Å². The first-order valence-corrected chi connectivity index (χ1v) is 14.9. The van der Waals surface area contributed by atoms with Crippen molar-refractivity contribution < 1.29 is 23.2 Å². The van der Waals surface area contributed by atoms with Gasteiger partial charge in [-0.15, -0.1) is 0 Å². The van der Waals surface area contributed by atoms with Crippen molar-refractivity contribution in [3.8, 4) is 0 Å². The van der Waals surface area contributed by atoms with Crippen LogP contribution < -0.4 is 5.32 Å². The number of nitrogens with one attached hydrogen (secondary N) is 1. The number of fused-ring (bicyclic) bond motifs is 1. The molecule has 4 aliphatic rings. The van der Waals surface area contributed by atoms with E-state index in [9.17, 15) is 18.8 Å². The van der Waals surface area contributed by atoms with Crippen LogP contribution >= 0.6 is 0 Å². The Bertz CT molecular complexity index is 1440. The second kappa shape index (κ2) is 11.3. The van der Waals surface area contributed by atoms with Gasteiger partial charge in [0.1, 0.15) is 17.7 Å². The summed E-state index contributed by atoms with van der Waals surface area (Å²) in [5.41, 5.74) is 5.58. The Balaban J connectivity index is 1.09. The zero-order valence-corrected chi connectivity index (χ0v) is 24.3. The molecule has 2 fully saturated rings. The van der Waals surface area contributed by atoms with Crippen molar-refractivity contribution in [3.63, 3.8) is 0 Å². The van der Waals surface area contributed by atoms with E-state index < -0.39 is 23.7 Å². The minimum Gasteiger partial charge on any atom is -0.322 e. The highest BCUT2D eigenvalue weighted by Gasteiger charge is 2.40. The second-order valence-electron chi connectivity index (χ2n) is 13.0. The largest absolute Gasteiger partial charge is 0.322 e. The van der Waals surface area contributed by atoms with Gasteiger partial charge in [0.15, 0.2) is 0 Å². The lowest BCUT2D eigenvalue weighted by molar-refractivity contribution is -0.136. The van der Waals surface area contributed by atoms with Gasteiger partial charge in [0.2, 0.25) is 11.8 Å². The van der Waals surface area contributed by atoms with Crippen LogP contribution in [0, 0.1) is 17.0 Å². The Morgan fingerprint density at radius 1 is 0.929 bits per heavy atom. The quantitative estimate of drug-likeness (QED) is 0.513. The monoisotopic (exact) mass is 576 g/mol. The average molecular weight is 577 g/mol. The van der Waals surface area contributed by atoms with Crippen LogP contribution in [0.4, 0.5) is 8.78 Å². The van der Waals surface area contributed by atoms with E-state index in [1.165, 1.54) is 22.1 Å². The Morgan fingerprint density at radius 3 is 2.31 bits per heavy atom. The summed E-state index contributed by atoms with van der Waals surface area (Å²) in [5.74, 6) is -2.10. The summed E-state index contributed by atoms with van der Waals surface area (Å²) in [6.07, 6.45) is 3.59. The van der Waals surface area contributed by atoms with Crippen molar-refractivity contribution >= 4 is 23.3 Å². The fourth-order valence-electron chi connectivity index (χ4n) is 6.91. The van der Waals surface area contributed by atoms with Crippen molar-refractivity contribution in [2.45, 2.75) is 65.1 Å². The normalized spacial score (nSPS) is 23.4. The van der Waals surface area contributed by atoms with Gasteiger partial charge >= 0.3 is 0 Å². The number of imide groups is 1. The van der Waals surface area contributed by atoms with Gasteiger partial charge in [-0.2, -0.15) is 0 Å². The van der Waals surface area contributed by atoms with Crippen molar-refractivity contribution in [2.75, 3.05) is 32.7 Å². The Morgan fingerprint density at radius 2 is 1.62 bits per heavy atom. The number of carbonyl (C=O) groups excluding carboxylic acids is 3. The van der Waals surface area contributed by atoms with Crippen LogP contribution in [0.5, 0.6) is 0 Å². The molecule has 1 atom stereocenters. The summed E-state index contributed by atoms with van der Waals surface area (Å²) in [6, 6.07) is 9.47. The first-order chi connectivity index (χ1) is 20.1. The molecule has 222 valence electrons. The molecule has 2 aromatic rings. The van der Waals surface area contributed by atoms with Crippen LogP contribution in [0.25, 0.3) is 5.57 Å². The molecule has 2 aromatic carbocycles. The predicted octanol–water partition coefficient (Wildman–Crippen LogP) is 4.51. The lowest BCUT2D eigenvalue weighted by Gasteiger charge is -2.38. The van der Waals surface area contributed by atoms with E-state index in [0.29, 0.717) is 12.1 Å². The second-order valence-corrected chi connectivity index (χ2v) is 13.0. The number of amides is 3. The lowest BCUT2D eigenvalue weighted by Crippen LogP contribution is -2.52. The molecule has 6 rings (SSSR count). The summed E-state index contributed by atoms with van der Waals surface area (Å²) in [7, 11) is 0. The van der Waals surface area contributed by atoms with Gasteiger partial charge in [0.25, 0.3) is 5.91 Å². The van der Waals surface area contributed by atoms with Crippen molar-refractivity contribution in [3.05, 3.63) is 75.9 Å². The van der Waals surface area contributed by atoms with Gasteiger partial charge in [-0.3, -0.25) is 29.5 Å². The molecule has 1 N–H and O–H groups in total. The molecule has 42 heavy (non-hydrogen) atoms. The molecular weight excluding hydrogens is 538 g/mol. The first-order valence-electron chi connectivity index (χ1n) is 14.9. The molecule has 1 aliphatic carbocycles. The molecule has 9 heteroatoms. The molecule has 0 spiro atoms. The Labute approximate surface area is 245 Å². The van der Waals surface area contributed by atoms with Gasteiger partial charge in [0, 0.05) is 52.2 Å². The molecule has 7 nitrogen and oxygen atoms in total. The Kier molecular flexibility index (Phi) is 7.74. The number of hydrogen-bond donors (Lipinski definition) is 1. The third kappa shape index (κ3) is 5.90. The third-order valence-corrected chi connectivity index (χ3v) is 9.30. The van der Waals surface area contributed by atoms with Gasteiger partial charge in [-0.1, -0.05) is 37.6 Å². The molecule has 0 bridgehead atoms. The number of piperazine rings is 1. The number of benzene rings is 2. The summed E-state index contributed by atoms with van der Waals surface area (Å²) in [4.78, 5) is 43.0. The number of halogens is 2. The summed E-state index contributed by atoms with van der Waals surface area (Å²) < 4.78 is 28.8. The van der Waals surface area contributed by atoms with Crippen molar-refractivity contribution in [2.24, 2.45) is 5.41 Å². The molecule has 2 saturated heterocycles. The molecule has 1 unspecified atom stereocenters. The minimum absolute atomic E-state index is 0.0363. The van der Waals surface area contributed by atoms with Crippen LogP contribution in [-0.2, 0) is 22.7 Å². The smallest absolute Gasteiger partial charge is 0.258 e. The summed E-state index contributed by atoms with van der Waals surface area (Å²) in [6.45, 7) is 9.77. The summed E-state index contributed by atoms with van der Waals surface area (Å²) >= 11 is 0. The first kappa shape index (κ1) is 28.7. The van der Waals surface area contributed by atoms with E-state index in [2.05, 4.69) is 29.0 Å². The van der Waals surface area contributed by atoms with Crippen LogP contribution in [0.1, 0.15) is 73.0 Å². The molecule has 0 aromatic heterocycles. The fourth-order valence-corrected chi connectivity index (χ4v) is 6.91. The van der Waals surface area contributed by atoms with Gasteiger partial charge in [-0.05, 0) is 71.6 Å². The number of nitrogens with zero attached hydrogens (tertiary/aromatic N) is 3. The van der Waals surface area contributed by atoms with E-state index in [0.717, 1.165) is 63.1 Å². The molecular formula is C33H38F2N4O3. The highest BCUT2D eigenvalue weighted by Crippen LogP contribution is 2.43.